The number of rotatable bonds is 5. The Labute approximate surface area is 153 Å². The molecule has 2 aromatic carbocycles. The van der Waals surface area contributed by atoms with Gasteiger partial charge in [-0.15, -0.1) is 0 Å². The highest BCUT2D eigenvalue weighted by atomic mass is 19.1. The zero-order valence-corrected chi connectivity index (χ0v) is 14.9. The number of halogens is 1. The fourth-order valence-corrected chi connectivity index (χ4v) is 4.18. The molecule has 0 radical (unpaired) electrons. The molecule has 2 aliphatic heterocycles. The Hall–Kier alpha value is -2.04. The fraction of sp³-hybridized carbons (Fsp3) is 0.409. The molecule has 26 heavy (non-hydrogen) atoms. The van der Waals surface area contributed by atoms with Crippen molar-refractivity contribution in [2.75, 3.05) is 19.6 Å². The van der Waals surface area contributed by atoms with Crippen LogP contribution in [0.5, 0.6) is 0 Å². The third-order valence-corrected chi connectivity index (χ3v) is 5.72. The van der Waals surface area contributed by atoms with Gasteiger partial charge in [0, 0.05) is 25.1 Å². The lowest BCUT2D eigenvalue weighted by Crippen LogP contribution is -2.42. The minimum absolute atomic E-state index is 0.0894. The van der Waals surface area contributed by atoms with Crippen molar-refractivity contribution in [2.45, 2.75) is 37.9 Å². The first kappa shape index (κ1) is 17.4. The molecule has 0 N–H and O–H groups in total. The minimum atomic E-state index is -0.306. The molecule has 1 fully saturated rings. The van der Waals surface area contributed by atoms with E-state index < -0.39 is 0 Å². The van der Waals surface area contributed by atoms with Crippen molar-refractivity contribution in [1.29, 1.82) is 0 Å². The molecule has 0 amide bonds. The SMILES string of the molecule is O=C(CCCN1CCC2(CC1)OCc1ccccc12)c1ccc(F)cc1. The van der Waals surface area contributed by atoms with Crippen LogP contribution < -0.4 is 0 Å². The number of ether oxygens (including phenoxy) is 1. The number of Topliss-reactive ketones (excluding diaryl/α,β-unsaturated/α-hetero) is 1. The first-order valence-corrected chi connectivity index (χ1v) is 9.40. The molecule has 4 heteroatoms. The molecule has 136 valence electrons. The van der Waals surface area contributed by atoms with Gasteiger partial charge in [0.2, 0.25) is 0 Å². The minimum Gasteiger partial charge on any atom is -0.365 e. The van der Waals surface area contributed by atoms with Gasteiger partial charge in [0.15, 0.2) is 5.78 Å². The standard InChI is InChI=1S/C22H24FNO2/c23-19-9-7-17(8-10-19)21(25)6-3-13-24-14-11-22(12-15-24)20-5-2-1-4-18(20)16-26-22/h1-2,4-5,7-10H,3,6,11-16H2. The number of benzene rings is 2. The highest BCUT2D eigenvalue weighted by molar-refractivity contribution is 5.95. The molecule has 0 aromatic heterocycles. The van der Waals surface area contributed by atoms with Crippen LogP contribution in [0.15, 0.2) is 48.5 Å². The first-order chi connectivity index (χ1) is 12.7. The van der Waals surface area contributed by atoms with E-state index in [0.717, 1.165) is 45.5 Å². The summed E-state index contributed by atoms with van der Waals surface area (Å²) in [5, 5.41) is 0. The fourth-order valence-electron chi connectivity index (χ4n) is 4.18. The van der Waals surface area contributed by atoms with E-state index in [9.17, 15) is 9.18 Å². The maximum absolute atomic E-state index is 12.9. The number of ketones is 1. The lowest BCUT2D eigenvalue weighted by Gasteiger charge is -2.39. The third kappa shape index (κ3) is 3.44. The second-order valence-corrected chi connectivity index (χ2v) is 7.32. The zero-order chi connectivity index (χ0) is 18.0. The number of nitrogens with zero attached hydrogens (tertiary/aromatic N) is 1. The topological polar surface area (TPSA) is 29.5 Å². The Morgan fingerprint density at radius 3 is 2.58 bits per heavy atom. The summed E-state index contributed by atoms with van der Waals surface area (Å²) in [5.74, 6) is -0.217. The number of carbonyl (C=O) groups is 1. The summed E-state index contributed by atoms with van der Waals surface area (Å²) in [4.78, 5) is 14.6. The van der Waals surface area contributed by atoms with E-state index in [1.54, 1.807) is 12.1 Å². The number of hydrogen-bond acceptors (Lipinski definition) is 3. The third-order valence-electron chi connectivity index (χ3n) is 5.72. The van der Waals surface area contributed by atoms with E-state index in [0.29, 0.717) is 12.0 Å². The number of hydrogen-bond donors (Lipinski definition) is 0. The summed E-state index contributed by atoms with van der Waals surface area (Å²) in [5.41, 5.74) is 3.19. The van der Waals surface area contributed by atoms with Crippen LogP contribution in [-0.4, -0.2) is 30.3 Å². The summed E-state index contributed by atoms with van der Waals surface area (Å²) in [6, 6.07) is 14.4. The number of fused-ring (bicyclic) bond motifs is 2. The maximum Gasteiger partial charge on any atom is 0.162 e. The van der Waals surface area contributed by atoms with Crippen LogP contribution in [0, 0.1) is 5.82 Å². The van der Waals surface area contributed by atoms with Crippen LogP contribution in [0.4, 0.5) is 4.39 Å². The normalized spacial score (nSPS) is 18.8. The van der Waals surface area contributed by atoms with Gasteiger partial charge in [-0.2, -0.15) is 0 Å². The van der Waals surface area contributed by atoms with Gasteiger partial charge in [-0.3, -0.25) is 4.79 Å². The molecule has 0 aliphatic carbocycles. The summed E-state index contributed by atoms with van der Waals surface area (Å²) >= 11 is 0. The Morgan fingerprint density at radius 2 is 1.81 bits per heavy atom. The van der Waals surface area contributed by atoms with E-state index >= 15 is 0 Å². The molecule has 0 unspecified atom stereocenters. The largest absolute Gasteiger partial charge is 0.365 e. The Balaban J connectivity index is 1.26. The van der Waals surface area contributed by atoms with Gasteiger partial charge in [-0.25, -0.2) is 4.39 Å². The van der Waals surface area contributed by atoms with E-state index in [-0.39, 0.29) is 17.2 Å². The average molecular weight is 353 g/mol. The van der Waals surface area contributed by atoms with Gasteiger partial charge in [0.05, 0.1) is 12.2 Å². The number of piperidine rings is 1. The Morgan fingerprint density at radius 1 is 1.08 bits per heavy atom. The van der Waals surface area contributed by atoms with E-state index in [1.807, 2.05) is 0 Å². The van der Waals surface area contributed by atoms with Crippen molar-refractivity contribution in [3.63, 3.8) is 0 Å². The van der Waals surface area contributed by atoms with Gasteiger partial charge < -0.3 is 9.64 Å². The highest BCUT2D eigenvalue weighted by Gasteiger charge is 2.42. The zero-order valence-electron chi connectivity index (χ0n) is 14.9. The molecule has 1 spiro atoms. The predicted molar refractivity (Wildman–Crippen MR) is 98.5 cm³/mol. The van der Waals surface area contributed by atoms with Crippen LogP contribution in [-0.2, 0) is 16.9 Å². The molecule has 2 aliphatic rings. The van der Waals surface area contributed by atoms with Crippen molar-refractivity contribution < 1.29 is 13.9 Å². The summed E-state index contributed by atoms with van der Waals surface area (Å²) in [7, 11) is 0. The van der Waals surface area contributed by atoms with Crippen molar-refractivity contribution in [3.8, 4) is 0 Å². The highest BCUT2D eigenvalue weighted by Crippen LogP contribution is 2.43. The van der Waals surface area contributed by atoms with E-state index in [4.69, 9.17) is 4.74 Å². The quantitative estimate of drug-likeness (QED) is 0.750. The molecule has 0 atom stereocenters. The molecular formula is C22H24FNO2. The summed E-state index contributed by atoms with van der Waals surface area (Å²) in [6.07, 6.45) is 3.36. The van der Waals surface area contributed by atoms with E-state index in [1.165, 1.54) is 23.3 Å². The second-order valence-electron chi connectivity index (χ2n) is 7.32. The lowest BCUT2D eigenvalue weighted by molar-refractivity contribution is -0.0788. The molecule has 1 saturated heterocycles. The van der Waals surface area contributed by atoms with Crippen molar-refractivity contribution in [3.05, 3.63) is 71.0 Å². The van der Waals surface area contributed by atoms with Crippen LogP contribution in [0.25, 0.3) is 0 Å². The second kappa shape index (κ2) is 7.29. The molecular weight excluding hydrogens is 329 g/mol. The van der Waals surface area contributed by atoms with Crippen LogP contribution in [0.2, 0.25) is 0 Å². The van der Waals surface area contributed by atoms with Crippen LogP contribution >= 0.6 is 0 Å². The van der Waals surface area contributed by atoms with Crippen LogP contribution in [0.1, 0.15) is 47.2 Å². The predicted octanol–water partition coefficient (Wildman–Crippen LogP) is 4.31. The monoisotopic (exact) mass is 353 g/mol. The van der Waals surface area contributed by atoms with Crippen LogP contribution in [0.3, 0.4) is 0 Å². The lowest BCUT2D eigenvalue weighted by atomic mass is 9.84. The molecule has 2 aromatic rings. The number of likely N-dealkylation sites (tertiary alicyclic amines) is 1. The summed E-state index contributed by atoms with van der Waals surface area (Å²) < 4.78 is 19.1. The van der Waals surface area contributed by atoms with Crippen molar-refractivity contribution in [2.24, 2.45) is 0 Å². The first-order valence-electron chi connectivity index (χ1n) is 9.40. The van der Waals surface area contributed by atoms with Gasteiger partial charge >= 0.3 is 0 Å². The molecule has 4 rings (SSSR count). The van der Waals surface area contributed by atoms with Gasteiger partial charge in [-0.1, -0.05) is 24.3 Å². The Bertz CT molecular complexity index is 779. The van der Waals surface area contributed by atoms with Gasteiger partial charge in [-0.05, 0) is 61.2 Å². The Kier molecular flexibility index (Phi) is 4.88. The summed E-state index contributed by atoms with van der Waals surface area (Å²) in [6.45, 7) is 3.64. The van der Waals surface area contributed by atoms with Gasteiger partial charge in [0.25, 0.3) is 0 Å². The molecule has 0 bridgehead atoms. The van der Waals surface area contributed by atoms with Gasteiger partial charge in [0.1, 0.15) is 5.82 Å². The molecule has 2 heterocycles. The van der Waals surface area contributed by atoms with Crippen molar-refractivity contribution in [1.82, 2.24) is 4.90 Å². The molecule has 3 nitrogen and oxygen atoms in total. The molecule has 0 saturated carbocycles. The maximum atomic E-state index is 12.9. The smallest absolute Gasteiger partial charge is 0.162 e. The number of carbonyl (C=O) groups excluding carboxylic acids is 1. The van der Waals surface area contributed by atoms with Crippen molar-refractivity contribution >= 4 is 5.78 Å². The average Bonchev–Trinajstić information content (AvgIpc) is 3.03. The van der Waals surface area contributed by atoms with E-state index in [2.05, 4.69) is 29.2 Å².